The zero-order valence-electron chi connectivity index (χ0n) is 45.3. The summed E-state index contributed by atoms with van der Waals surface area (Å²) in [6.45, 7) is 18.2. The number of furan rings is 3. The van der Waals surface area contributed by atoms with Gasteiger partial charge in [-0.15, -0.1) is 0 Å². The molecule has 9 aromatic carbocycles. The van der Waals surface area contributed by atoms with Crippen LogP contribution in [-0.4, -0.2) is 11.6 Å². The number of benzene rings is 9. The first-order valence-electron chi connectivity index (χ1n) is 27.5. The quantitative estimate of drug-likeness (QED) is 0.165. The third-order valence-corrected chi connectivity index (χ3v) is 17.2. The highest BCUT2D eigenvalue weighted by molar-refractivity contribution is 6.28. The summed E-state index contributed by atoms with van der Waals surface area (Å²) in [6.07, 6.45) is 15.7. The fraction of sp³-hybridized carbons (Fsp3) is 0.194. The molecule has 0 saturated heterocycles. The molecule has 0 amide bonds. The third-order valence-electron chi connectivity index (χ3n) is 17.2. The predicted octanol–water partition coefficient (Wildman–Crippen LogP) is 20.5. The van der Waals surface area contributed by atoms with Crippen molar-refractivity contribution in [2.75, 3.05) is 9.80 Å². The van der Waals surface area contributed by atoms with E-state index in [1.54, 1.807) is 0 Å². The Morgan fingerprint density at radius 3 is 1.78 bits per heavy atom. The summed E-state index contributed by atoms with van der Waals surface area (Å²) in [5, 5.41) is 10.9. The molecule has 3 aromatic heterocycles. The summed E-state index contributed by atoms with van der Waals surface area (Å²) >= 11 is 0. The van der Waals surface area contributed by atoms with Crippen molar-refractivity contribution in [1.29, 1.82) is 0 Å². The van der Waals surface area contributed by atoms with Gasteiger partial charge in [-0.1, -0.05) is 164 Å². The van der Waals surface area contributed by atoms with Gasteiger partial charge in [0.1, 0.15) is 39.3 Å². The number of nitrogens with zero attached hydrogens (tertiary/aromatic N) is 2. The molecule has 4 unspecified atom stereocenters. The van der Waals surface area contributed by atoms with Crippen LogP contribution in [0.5, 0.6) is 5.75 Å². The number of allylic oxidation sites excluding steroid dienone is 4. The monoisotopic (exact) mass is 1020 g/mol. The average molecular weight is 1020 g/mol. The summed E-state index contributed by atoms with van der Waals surface area (Å²) in [4.78, 5) is 4.81. The van der Waals surface area contributed by atoms with Gasteiger partial charge in [0, 0.05) is 66.4 Å². The molecule has 0 fully saturated rings. The van der Waals surface area contributed by atoms with E-state index in [2.05, 4.69) is 265 Å². The highest BCUT2D eigenvalue weighted by atomic mass is 16.5. The van der Waals surface area contributed by atoms with E-state index in [0.717, 1.165) is 122 Å². The van der Waals surface area contributed by atoms with Gasteiger partial charge in [0.15, 0.2) is 5.58 Å². The number of anilines is 5. The lowest BCUT2D eigenvalue weighted by Crippen LogP contribution is -2.42. The predicted molar refractivity (Wildman–Crippen MR) is 325 cm³/mol. The SMILES string of the molecule is CC1C=CC=CC1N(c1ccc2cc3c(cc2c1)oc1ccc2oc4cc5cc(N(c6ccccc6)c6cccc7c6OC6(C)C(C(C)(C)C)=CC=CC76)ccc5cc4c2c13)c1cccc2c1oc1c(C(C)(C)C)cccc12. The van der Waals surface area contributed by atoms with Crippen molar-refractivity contribution in [2.24, 2.45) is 11.3 Å². The maximum absolute atomic E-state index is 7.25. The summed E-state index contributed by atoms with van der Waals surface area (Å²) in [5.74, 6) is 1.28. The van der Waals surface area contributed by atoms with Gasteiger partial charge in [-0.3, -0.25) is 0 Å². The van der Waals surface area contributed by atoms with Crippen LogP contribution < -0.4 is 14.5 Å². The highest BCUT2D eigenvalue weighted by Crippen LogP contribution is 2.58. The smallest absolute Gasteiger partial charge is 0.159 e. The van der Waals surface area contributed by atoms with Crippen LogP contribution in [0.15, 0.2) is 219 Å². The largest absolute Gasteiger partial charge is 0.480 e. The second-order valence-electron chi connectivity index (χ2n) is 24.2. The van der Waals surface area contributed by atoms with Gasteiger partial charge < -0.3 is 27.8 Å². The van der Waals surface area contributed by atoms with E-state index in [-0.39, 0.29) is 28.7 Å². The number of para-hydroxylation sites is 4. The van der Waals surface area contributed by atoms with Gasteiger partial charge in [0.05, 0.1) is 17.4 Å². The molecular weight excluding hydrogens is 957 g/mol. The van der Waals surface area contributed by atoms with Crippen molar-refractivity contribution in [1.82, 2.24) is 0 Å². The lowest BCUT2D eigenvalue weighted by atomic mass is 9.68. The van der Waals surface area contributed by atoms with Crippen LogP contribution in [0.1, 0.15) is 72.4 Å². The van der Waals surface area contributed by atoms with Crippen molar-refractivity contribution < 1.29 is 18.0 Å². The molecule has 78 heavy (non-hydrogen) atoms. The van der Waals surface area contributed by atoms with Crippen LogP contribution in [-0.2, 0) is 5.41 Å². The first-order valence-corrected chi connectivity index (χ1v) is 27.5. The Kier molecular flexibility index (Phi) is 9.93. The van der Waals surface area contributed by atoms with Crippen molar-refractivity contribution >= 4 is 116 Å². The van der Waals surface area contributed by atoms with Gasteiger partial charge in [-0.25, -0.2) is 0 Å². The number of ether oxygens (including phenoxy) is 1. The van der Waals surface area contributed by atoms with E-state index >= 15 is 0 Å². The van der Waals surface area contributed by atoms with Gasteiger partial charge >= 0.3 is 0 Å². The topological polar surface area (TPSA) is 55.1 Å². The maximum Gasteiger partial charge on any atom is 0.159 e. The number of hydrogen-bond acceptors (Lipinski definition) is 6. The molecule has 1 aliphatic heterocycles. The molecule has 0 saturated carbocycles. The zero-order chi connectivity index (χ0) is 53.0. The first-order chi connectivity index (χ1) is 37.7. The first kappa shape index (κ1) is 46.6. The fourth-order valence-corrected chi connectivity index (χ4v) is 13.6. The van der Waals surface area contributed by atoms with E-state index in [1.807, 2.05) is 0 Å². The molecule has 382 valence electrons. The van der Waals surface area contributed by atoms with Crippen molar-refractivity contribution in [3.63, 3.8) is 0 Å². The highest BCUT2D eigenvalue weighted by Gasteiger charge is 2.51. The fourth-order valence-electron chi connectivity index (χ4n) is 13.6. The number of hydrogen-bond donors (Lipinski definition) is 0. The molecule has 6 nitrogen and oxygen atoms in total. The molecule has 0 bridgehead atoms. The molecule has 2 aliphatic carbocycles. The molecule has 0 radical (unpaired) electrons. The number of rotatable bonds is 6. The maximum atomic E-state index is 7.25. The second kappa shape index (κ2) is 16.6. The van der Waals surface area contributed by atoms with Gasteiger partial charge in [0.2, 0.25) is 0 Å². The van der Waals surface area contributed by atoms with E-state index in [4.69, 9.17) is 18.0 Å². The minimum Gasteiger partial charge on any atom is -0.480 e. The van der Waals surface area contributed by atoms with E-state index in [1.165, 1.54) is 16.7 Å². The van der Waals surface area contributed by atoms with Crippen molar-refractivity contribution in [2.45, 2.75) is 78.4 Å². The Labute approximate surface area is 453 Å². The summed E-state index contributed by atoms with van der Waals surface area (Å²) in [7, 11) is 0. The third kappa shape index (κ3) is 6.94. The molecule has 3 aliphatic rings. The van der Waals surface area contributed by atoms with E-state index in [9.17, 15) is 0 Å². The van der Waals surface area contributed by atoms with Crippen LogP contribution in [0.2, 0.25) is 0 Å². The van der Waals surface area contributed by atoms with Crippen LogP contribution >= 0.6 is 0 Å². The molecule has 6 heteroatoms. The van der Waals surface area contributed by atoms with Crippen LogP contribution in [0.25, 0.3) is 87.4 Å². The zero-order valence-corrected chi connectivity index (χ0v) is 45.3. The Hall–Kier alpha value is -8.74. The Bertz CT molecular complexity index is 4620. The minimum absolute atomic E-state index is 0.0569. The van der Waals surface area contributed by atoms with Gasteiger partial charge in [0.25, 0.3) is 0 Å². The standard InChI is InChI=1S/C72H60N2O4/c1-42-18-12-13-26-57(42)74(58-27-15-22-51-50-21-14-25-56(70(2,3)4)67(50)77-68(51)58)49-33-31-44-39-54-63(41-46(44)37-49)76-61-35-34-60-65(66(54)61)53-38-43-30-32-48(36-45(43)40-62(53)75-60)73(47-19-10-9-11-20-47)59-28-16-23-52-55-24-17-29-64(71(5,6)7)72(55,8)78-69(52)59/h9-42,55,57H,1-8H3. The van der Waals surface area contributed by atoms with Crippen molar-refractivity contribution in [3.05, 3.63) is 217 Å². The van der Waals surface area contributed by atoms with Gasteiger partial charge in [-0.2, -0.15) is 0 Å². The summed E-state index contributed by atoms with van der Waals surface area (Å²) in [6, 6.07) is 57.1. The Balaban J connectivity index is 0.839. The van der Waals surface area contributed by atoms with Crippen LogP contribution in [0, 0.1) is 11.3 Å². The summed E-state index contributed by atoms with van der Waals surface area (Å²) in [5.41, 5.74) is 13.5. The lowest BCUT2D eigenvalue weighted by molar-refractivity contribution is 0.118. The van der Waals surface area contributed by atoms with E-state index < -0.39 is 5.60 Å². The molecule has 12 aromatic rings. The molecule has 4 atom stereocenters. The average Bonchev–Trinajstić information content (AvgIpc) is 4.26. The summed E-state index contributed by atoms with van der Waals surface area (Å²) < 4.78 is 27.9. The second-order valence-corrected chi connectivity index (χ2v) is 24.2. The molecule has 15 rings (SSSR count). The Morgan fingerprint density at radius 2 is 1.10 bits per heavy atom. The van der Waals surface area contributed by atoms with E-state index in [0.29, 0.717) is 0 Å². The molecular formula is C72H60N2O4. The molecule has 0 spiro atoms. The van der Waals surface area contributed by atoms with Crippen molar-refractivity contribution in [3.8, 4) is 5.75 Å². The van der Waals surface area contributed by atoms with Gasteiger partial charge in [-0.05, 0) is 136 Å². The Morgan fingerprint density at radius 1 is 0.474 bits per heavy atom. The number of fused-ring (bicyclic) bond motifs is 15. The normalized spacial score (nSPS) is 19.2. The lowest BCUT2D eigenvalue weighted by Gasteiger charge is -2.40. The minimum atomic E-state index is -0.497. The van der Waals surface area contributed by atoms with Crippen LogP contribution in [0.3, 0.4) is 0 Å². The molecule has 0 N–H and O–H groups in total. The van der Waals surface area contributed by atoms with Crippen LogP contribution in [0.4, 0.5) is 28.4 Å². The molecule has 4 heterocycles.